The zero-order valence-electron chi connectivity index (χ0n) is 10.5. The summed E-state index contributed by atoms with van der Waals surface area (Å²) in [5.74, 6) is 0. The predicted molar refractivity (Wildman–Crippen MR) is 71.1 cm³/mol. The van der Waals surface area contributed by atoms with Crippen molar-refractivity contribution < 1.29 is 0 Å². The topological polar surface area (TPSA) is 15.3 Å². The van der Waals surface area contributed by atoms with Crippen LogP contribution in [0.5, 0.6) is 0 Å². The van der Waals surface area contributed by atoms with Crippen molar-refractivity contribution in [2.45, 2.75) is 38.3 Å². The molecule has 0 radical (unpaired) electrons. The molecule has 2 aliphatic rings. The first-order valence-electron chi connectivity index (χ1n) is 6.95. The average molecular weight is 230 g/mol. The van der Waals surface area contributed by atoms with E-state index < -0.39 is 0 Å². The monoisotopic (exact) mass is 230 g/mol. The Morgan fingerprint density at radius 1 is 1.06 bits per heavy atom. The van der Waals surface area contributed by atoms with E-state index in [0.29, 0.717) is 0 Å². The van der Waals surface area contributed by atoms with Crippen LogP contribution in [0.4, 0.5) is 0 Å². The van der Waals surface area contributed by atoms with E-state index in [1.165, 1.54) is 51.9 Å². The van der Waals surface area contributed by atoms with Crippen molar-refractivity contribution in [3.63, 3.8) is 0 Å². The first-order chi connectivity index (χ1) is 8.43. The lowest BCUT2D eigenvalue weighted by Gasteiger charge is -2.35. The maximum Gasteiger partial charge on any atom is 0.0239 e. The van der Waals surface area contributed by atoms with Gasteiger partial charge in [0.1, 0.15) is 0 Å². The van der Waals surface area contributed by atoms with E-state index in [1.807, 2.05) is 0 Å². The summed E-state index contributed by atoms with van der Waals surface area (Å²) in [6.45, 7) is 4.83. The molecule has 1 aromatic carbocycles. The van der Waals surface area contributed by atoms with Crippen LogP contribution in [-0.4, -0.2) is 30.6 Å². The highest BCUT2D eigenvalue weighted by Crippen LogP contribution is 2.23. The molecule has 2 nitrogen and oxygen atoms in total. The van der Waals surface area contributed by atoms with Gasteiger partial charge in [-0.05, 0) is 49.9 Å². The second-order valence-electron chi connectivity index (χ2n) is 5.32. The Balaban J connectivity index is 1.70. The largest absolute Gasteiger partial charge is 0.317 e. The molecular formula is C15H22N2. The molecule has 1 saturated heterocycles. The van der Waals surface area contributed by atoms with Crippen LogP contribution >= 0.6 is 0 Å². The fourth-order valence-corrected chi connectivity index (χ4v) is 3.20. The van der Waals surface area contributed by atoms with Crippen LogP contribution in [-0.2, 0) is 13.0 Å². The highest BCUT2D eigenvalue weighted by Gasteiger charge is 2.23. The lowest BCUT2D eigenvalue weighted by molar-refractivity contribution is 0.165. The smallest absolute Gasteiger partial charge is 0.0239 e. The van der Waals surface area contributed by atoms with Gasteiger partial charge in [0.05, 0.1) is 0 Å². The molecule has 0 aromatic heterocycles. The van der Waals surface area contributed by atoms with E-state index in [0.717, 1.165) is 6.04 Å². The van der Waals surface area contributed by atoms with Crippen molar-refractivity contribution in [1.29, 1.82) is 0 Å². The van der Waals surface area contributed by atoms with Crippen molar-refractivity contribution in [1.82, 2.24) is 10.2 Å². The summed E-state index contributed by atoms with van der Waals surface area (Å²) in [6.07, 6.45) is 5.26. The second-order valence-corrected chi connectivity index (χ2v) is 5.32. The van der Waals surface area contributed by atoms with E-state index in [2.05, 4.69) is 34.5 Å². The Morgan fingerprint density at radius 2 is 1.94 bits per heavy atom. The number of nitrogens with one attached hydrogen (secondary N) is 1. The Hall–Kier alpha value is -0.860. The van der Waals surface area contributed by atoms with E-state index >= 15 is 0 Å². The van der Waals surface area contributed by atoms with Gasteiger partial charge < -0.3 is 5.32 Å². The molecule has 2 heterocycles. The molecule has 0 aliphatic carbocycles. The Bertz CT molecular complexity index is 367. The lowest BCUT2D eigenvalue weighted by Crippen LogP contribution is -2.39. The maximum atomic E-state index is 3.51. The van der Waals surface area contributed by atoms with Gasteiger partial charge in [0.15, 0.2) is 0 Å². The van der Waals surface area contributed by atoms with Gasteiger partial charge in [-0.1, -0.05) is 24.3 Å². The zero-order valence-corrected chi connectivity index (χ0v) is 10.5. The normalized spacial score (nSPS) is 26.2. The molecule has 1 atom stereocenters. The summed E-state index contributed by atoms with van der Waals surface area (Å²) < 4.78 is 0. The van der Waals surface area contributed by atoms with Crippen LogP contribution in [0.1, 0.15) is 30.4 Å². The quantitative estimate of drug-likeness (QED) is 0.795. The molecule has 2 aliphatic heterocycles. The van der Waals surface area contributed by atoms with Crippen molar-refractivity contribution in [2.75, 3.05) is 19.6 Å². The van der Waals surface area contributed by atoms with Crippen LogP contribution in [0.2, 0.25) is 0 Å². The van der Waals surface area contributed by atoms with Crippen LogP contribution in [0.3, 0.4) is 0 Å². The first-order valence-corrected chi connectivity index (χ1v) is 6.95. The average Bonchev–Trinajstić information content (AvgIpc) is 2.67. The lowest BCUT2D eigenvalue weighted by atomic mass is 9.97. The number of nitrogens with zero attached hydrogens (tertiary/aromatic N) is 1. The molecule has 0 amide bonds. The van der Waals surface area contributed by atoms with Crippen LogP contribution < -0.4 is 5.32 Å². The summed E-state index contributed by atoms with van der Waals surface area (Å²) in [4.78, 5) is 2.70. The Morgan fingerprint density at radius 3 is 2.88 bits per heavy atom. The van der Waals surface area contributed by atoms with E-state index in [4.69, 9.17) is 0 Å². The van der Waals surface area contributed by atoms with Gasteiger partial charge in [-0.25, -0.2) is 0 Å². The van der Waals surface area contributed by atoms with Gasteiger partial charge in [0.25, 0.3) is 0 Å². The van der Waals surface area contributed by atoms with E-state index in [-0.39, 0.29) is 0 Å². The summed E-state index contributed by atoms with van der Waals surface area (Å²) >= 11 is 0. The molecule has 3 rings (SSSR count). The molecular weight excluding hydrogens is 208 g/mol. The molecule has 17 heavy (non-hydrogen) atoms. The minimum absolute atomic E-state index is 0.804. The molecule has 1 N–H and O–H groups in total. The molecule has 0 bridgehead atoms. The van der Waals surface area contributed by atoms with Gasteiger partial charge in [0.2, 0.25) is 0 Å². The van der Waals surface area contributed by atoms with Crippen molar-refractivity contribution in [3.8, 4) is 0 Å². The van der Waals surface area contributed by atoms with Crippen molar-refractivity contribution in [2.24, 2.45) is 0 Å². The third kappa shape index (κ3) is 2.53. The molecule has 1 aromatic rings. The summed E-state index contributed by atoms with van der Waals surface area (Å²) in [5, 5.41) is 3.51. The minimum Gasteiger partial charge on any atom is -0.317 e. The number of benzene rings is 1. The van der Waals surface area contributed by atoms with Crippen molar-refractivity contribution >= 4 is 0 Å². The van der Waals surface area contributed by atoms with Crippen molar-refractivity contribution in [3.05, 3.63) is 35.4 Å². The van der Waals surface area contributed by atoms with Crippen LogP contribution in [0.15, 0.2) is 24.3 Å². The Labute approximate surface area is 104 Å². The molecule has 2 heteroatoms. The fourth-order valence-electron chi connectivity index (χ4n) is 3.20. The van der Waals surface area contributed by atoms with Crippen LogP contribution in [0, 0.1) is 0 Å². The first kappa shape index (κ1) is 11.2. The zero-order chi connectivity index (χ0) is 11.5. The standard InChI is InChI=1S/C15H22N2/c1-2-5-14-12-17(11-8-13(14)4-1)15-6-3-9-16-10-7-15/h1-2,4-5,15-16H,3,6-12H2/t15-/m0/s1. The van der Waals surface area contributed by atoms with E-state index in [1.54, 1.807) is 11.1 Å². The summed E-state index contributed by atoms with van der Waals surface area (Å²) in [5.41, 5.74) is 3.12. The molecule has 0 spiro atoms. The summed E-state index contributed by atoms with van der Waals surface area (Å²) in [6, 6.07) is 9.75. The number of fused-ring (bicyclic) bond motifs is 1. The SMILES string of the molecule is c1ccc2c(c1)CCN([C@H]1CCCNCC1)C2. The van der Waals surface area contributed by atoms with Gasteiger partial charge in [0, 0.05) is 19.1 Å². The minimum atomic E-state index is 0.804. The Kier molecular flexibility index (Phi) is 3.44. The predicted octanol–water partition coefficient (Wildman–Crippen LogP) is 2.19. The molecule has 1 fully saturated rings. The molecule has 0 unspecified atom stereocenters. The highest BCUT2D eigenvalue weighted by atomic mass is 15.2. The highest BCUT2D eigenvalue weighted by molar-refractivity contribution is 5.29. The number of hydrogen-bond donors (Lipinski definition) is 1. The molecule has 0 saturated carbocycles. The number of hydrogen-bond acceptors (Lipinski definition) is 2. The second kappa shape index (κ2) is 5.19. The van der Waals surface area contributed by atoms with Gasteiger partial charge in [-0.15, -0.1) is 0 Å². The van der Waals surface area contributed by atoms with Gasteiger partial charge in [-0.3, -0.25) is 4.90 Å². The third-order valence-corrected chi connectivity index (χ3v) is 4.22. The maximum absolute atomic E-state index is 3.51. The third-order valence-electron chi connectivity index (χ3n) is 4.22. The van der Waals surface area contributed by atoms with Crippen LogP contribution in [0.25, 0.3) is 0 Å². The molecule has 92 valence electrons. The van der Waals surface area contributed by atoms with Gasteiger partial charge >= 0.3 is 0 Å². The van der Waals surface area contributed by atoms with E-state index in [9.17, 15) is 0 Å². The summed E-state index contributed by atoms with van der Waals surface area (Å²) in [7, 11) is 0. The van der Waals surface area contributed by atoms with Gasteiger partial charge in [-0.2, -0.15) is 0 Å². The number of rotatable bonds is 1. The fraction of sp³-hybridized carbons (Fsp3) is 0.600.